The molecule has 2 atom stereocenters. The third-order valence-corrected chi connectivity index (χ3v) is 18.7. The summed E-state index contributed by atoms with van der Waals surface area (Å²) in [6, 6.07) is 101. The fourth-order valence-corrected chi connectivity index (χ4v) is 15.0. The van der Waals surface area contributed by atoms with Crippen LogP contribution >= 0.6 is 11.8 Å². The first-order valence-electron chi connectivity index (χ1n) is 27.3. The van der Waals surface area contributed by atoms with Gasteiger partial charge in [-0.2, -0.15) is 0 Å². The van der Waals surface area contributed by atoms with E-state index in [-0.39, 0.29) is 0 Å². The number of nitrogens with zero attached hydrogens (tertiary/aromatic N) is 2. The van der Waals surface area contributed by atoms with Gasteiger partial charge in [-0.15, -0.1) is 0 Å². The SMILES string of the molecule is C/C(=N\C(=N/C1(c2ccc(-c3ccccc3)cc2)CC1C)c1cccc(-c2cccc3c2-c2ccccc2C32c3ccccc3C3(c4ccccc4Sc4ccccc43)c3ccccc32)c1)c1ccc(-c2ccccc2)cc1. The van der Waals surface area contributed by atoms with E-state index >= 15 is 0 Å². The van der Waals surface area contributed by atoms with E-state index in [1.807, 2.05) is 11.8 Å². The van der Waals surface area contributed by atoms with Crippen molar-refractivity contribution in [1.82, 2.24) is 0 Å². The van der Waals surface area contributed by atoms with E-state index in [2.05, 4.69) is 287 Å². The second-order valence-electron chi connectivity index (χ2n) is 21.6. The molecular formula is C75H54N2S. The lowest BCUT2D eigenvalue weighted by Gasteiger charge is -2.51. The fraction of sp³-hybridized carbons (Fsp3) is 0.0933. The van der Waals surface area contributed by atoms with E-state index in [9.17, 15) is 0 Å². The Bertz CT molecular complexity index is 4130. The van der Waals surface area contributed by atoms with Gasteiger partial charge in [-0.3, -0.25) is 4.99 Å². The van der Waals surface area contributed by atoms with Gasteiger partial charge in [-0.05, 0) is 138 Å². The third kappa shape index (κ3) is 6.90. The van der Waals surface area contributed by atoms with Crippen molar-refractivity contribution in [1.29, 1.82) is 0 Å². The highest BCUT2D eigenvalue weighted by Crippen LogP contribution is 2.67. The van der Waals surface area contributed by atoms with Crippen molar-refractivity contribution in [3.05, 3.63) is 334 Å². The van der Waals surface area contributed by atoms with Crippen molar-refractivity contribution in [2.75, 3.05) is 0 Å². The average Bonchev–Trinajstić information content (AvgIpc) is 4.16. The molecule has 0 amide bonds. The molecule has 370 valence electrons. The second-order valence-corrected chi connectivity index (χ2v) is 22.7. The molecule has 11 aromatic carbocycles. The highest BCUT2D eigenvalue weighted by molar-refractivity contribution is 7.99. The monoisotopic (exact) mass is 1010 g/mol. The summed E-state index contributed by atoms with van der Waals surface area (Å²) >= 11 is 1.89. The molecular weight excluding hydrogens is 961 g/mol. The molecule has 1 heterocycles. The molecule has 3 aliphatic carbocycles. The molecule has 2 spiro atoms. The zero-order valence-electron chi connectivity index (χ0n) is 43.6. The van der Waals surface area contributed by atoms with Crippen LogP contribution in [0.4, 0.5) is 0 Å². The minimum absolute atomic E-state index is 0.346. The van der Waals surface area contributed by atoms with Crippen molar-refractivity contribution >= 4 is 23.3 Å². The topological polar surface area (TPSA) is 24.7 Å². The van der Waals surface area contributed by atoms with E-state index in [1.54, 1.807) is 0 Å². The Kier molecular flexibility index (Phi) is 10.8. The van der Waals surface area contributed by atoms with Crippen molar-refractivity contribution in [3.8, 4) is 44.5 Å². The maximum Gasteiger partial charge on any atom is 0.155 e. The van der Waals surface area contributed by atoms with Crippen LogP contribution in [-0.2, 0) is 16.4 Å². The van der Waals surface area contributed by atoms with Gasteiger partial charge < -0.3 is 0 Å². The van der Waals surface area contributed by atoms with Crippen molar-refractivity contribution < 1.29 is 0 Å². The molecule has 3 heteroatoms. The van der Waals surface area contributed by atoms with Gasteiger partial charge in [0.2, 0.25) is 0 Å². The lowest BCUT2D eigenvalue weighted by molar-refractivity contribution is 0.605. The zero-order chi connectivity index (χ0) is 52.0. The van der Waals surface area contributed by atoms with Crippen LogP contribution in [0.5, 0.6) is 0 Å². The Balaban J connectivity index is 0.911. The summed E-state index contributed by atoms with van der Waals surface area (Å²) in [7, 11) is 0. The third-order valence-electron chi connectivity index (χ3n) is 17.5. The molecule has 78 heavy (non-hydrogen) atoms. The van der Waals surface area contributed by atoms with Gasteiger partial charge in [-0.1, -0.05) is 273 Å². The summed E-state index contributed by atoms with van der Waals surface area (Å²) in [6.07, 6.45) is 0.951. The van der Waals surface area contributed by atoms with Crippen LogP contribution in [0.2, 0.25) is 0 Å². The normalized spacial score (nSPS) is 17.8. The lowest BCUT2D eigenvalue weighted by Crippen LogP contribution is -2.45. The molecule has 0 saturated heterocycles. The number of hydrogen-bond acceptors (Lipinski definition) is 2. The summed E-state index contributed by atoms with van der Waals surface area (Å²) in [5, 5.41) is 0. The molecule has 1 fully saturated rings. The van der Waals surface area contributed by atoms with E-state index in [1.165, 1.54) is 98.8 Å². The van der Waals surface area contributed by atoms with E-state index in [0.29, 0.717) is 5.92 Å². The summed E-state index contributed by atoms with van der Waals surface area (Å²) < 4.78 is 0. The molecule has 2 nitrogen and oxygen atoms in total. The zero-order valence-corrected chi connectivity index (χ0v) is 44.4. The molecule has 1 aliphatic heterocycles. The first kappa shape index (κ1) is 46.4. The first-order chi connectivity index (χ1) is 38.5. The van der Waals surface area contributed by atoms with Gasteiger partial charge in [0.05, 0.1) is 16.4 Å². The van der Waals surface area contributed by atoms with Crippen molar-refractivity contribution in [2.45, 2.75) is 46.4 Å². The number of rotatable bonds is 7. The molecule has 0 N–H and O–H groups in total. The first-order valence-corrected chi connectivity index (χ1v) is 28.2. The lowest BCUT2D eigenvalue weighted by atomic mass is 9.51. The van der Waals surface area contributed by atoms with Gasteiger partial charge in [0.15, 0.2) is 5.84 Å². The molecule has 11 aromatic rings. The Morgan fingerprint density at radius 2 is 0.808 bits per heavy atom. The summed E-state index contributed by atoms with van der Waals surface area (Å²) in [6.45, 7) is 4.46. The molecule has 4 aliphatic rings. The average molecular weight is 1020 g/mol. The number of fused-ring (bicyclic) bond motifs is 15. The minimum Gasteiger partial charge on any atom is -0.254 e. The van der Waals surface area contributed by atoms with Crippen LogP contribution in [0.1, 0.15) is 81.5 Å². The van der Waals surface area contributed by atoms with E-state index in [4.69, 9.17) is 9.98 Å². The fourth-order valence-electron chi connectivity index (χ4n) is 13.8. The van der Waals surface area contributed by atoms with Gasteiger partial charge >= 0.3 is 0 Å². The number of hydrogen-bond donors (Lipinski definition) is 0. The van der Waals surface area contributed by atoms with E-state index < -0.39 is 16.4 Å². The highest BCUT2D eigenvalue weighted by Gasteiger charge is 2.58. The van der Waals surface area contributed by atoms with Gasteiger partial charge in [0.25, 0.3) is 0 Å². The van der Waals surface area contributed by atoms with Crippen LogP contribution < -0.4 is 0 Å². The molecule has 0 aromatic heterocycles. The molecule has 1 saturated carbocycles. The van der Waals surface area contributed by atoms with Crippen LogP contribution in [0.15, 0.2) is 293 Å². The Hall–Kier alpha value is -8.89. The van der Waals surface area contributed by atoms with E-state index in [0.717, 1.165) is 34.7 Å². The molecule has 2 unspecified atom stereocenters. The summed E-state index contributed by atoms with van der Waals surface area (Å²) in [5.41, 5.74) is 23.0. The van der Waals surface area contributed by atoms with Crippen LogP contribution in [0, 0.1) is 5.92 Å². The Labute approximate surface area is 461 Å². The van der Waals surface area contributed by atoms with Crippen molar-refractivity contribution in [3.63, 3.8) is 0 Å². The highest BCUT2D eigenvalue weighted by atomic mass is 32.2. The summed E-state index contributed by atoms with van der Waals surface area (Å²) in [5.74, 6) is 1.09. The minimum atomic E-state index is -0.596. The summed E-state index contributed by atoms with van der Waals surface area (Å²) in [4.78, 5) is 14.0. The largest absolute Gasteiger partial charge is 0.254 e. The van der Waals surface area contributed by atoms with Crippen LogP contribution in [0.25, 0.3) is 44.5 Å². The van der Waals surface area contributed by atoms with Crippen LogP contribution in [-0.4, -0.2) is 11.5 Å². The molecule has 0 bridgehead atoms. The smallest absolute Gasteiger partial charge is 0.155 e. The van der Waals surface area contributed by atoms with Crippen molar-refractivity contribution in [2.24, 2.45) is 15.9 Å². The maximum absolute atomic E-state index is 5.84. The van der Waals surface area contributed by atoms with Crippen LogP contribution in [0.3, 0.4) is 0 Å². The second kappa shape index (κ2) is 18.1. The standard InChI is InChI=1S/C75H54N2S/c1-49-48-73(49,58-45-43-55(44-46-58)53-23-7-4-8-24-53)77-72(76-50(2)51-39-41-54(42-40-51)52-21-5-3-6-22-52)57-26-19-25-56(47-57)59-28-20-36-68-71(59)60-27-9-10-29-61(60)74(68)62-30-11-13-32-64(62)75(65-33-14-12-31-63(65)74)66-34-15-17-37-69(66)78-70-38-18-16-35-67(70)75/h3-47,49H,48H2,1-2H3/b76-50+,77-72-. The molecule has 0 radical (unpaired) electrons. The predicted octanol–water partition coefficient (Wildman–Crippen LogP) is 18.4. The number of amidine groups is 1. The van der Waals surface area contributed by atoms with Gasteiger partial charge in [0.1, 0.15) is 0 Å². The quantitative estimate of drug-likeness (QED) is 0.115. The number of aliphatic imine (C=N–C) groups is 2. The Morgan fingerprint density at radius 1 is 0.385 bits per heavy atom. The maximum atomic E-state index is 5.84. The Morgan fingerprint density at radius 3 is 1.37 bits per heavy atom. The molecule has 15 rings (SSSR count). The predicted molar refractivity (Wildman–Crippen MR) is 323 cm³/mol. The number of benzene rings is 11. The van der Waals surface area contributed by atoms with Gasteiger partial charge in [-0.25, -0.2) is 4.99 Å². The van der Waals surface area contributed by atoms with Gasteiger partial charge in [0, 0.05) is 21.1 Å².